The molecule has 5 rings (SSSR count). The van der Waals surface area contributed by atoms with Crippen LogP contribution in [0.3, 0.4) is 0 Å². The van der Waals surface area contributed by atoms with E-state index in [-0.39, 0.29) is 24.4 Å². The average Bonchev–Trinajstić information content (AvgIpc) is 3.63. The largest absolute Gasteiger partial charge is 0.511 e. The molecule has 0 bridgehead atoms. The predicted molar refractivity (Wildman–Crippen MR) is 232 cm³/mol. The monoisotopic (exact) mass is 911 g/mol. The first-order valence-electron chi connectivity index (χ1n) is 21.2. The molecule has 2 aromatic carbocycles. The Kier molecular flexibility index (Phi) is 16.6. The van der Waals surface area contributed by atoms with Crippen molar-refractivity contribution < 1.29 is 72.4 Å². The van der Waals surface area contributed by atoms with Crippen LogP contribution in [0.15, 0.2) is 73.9 Å². The number of aryl methyl sites for hydroxylation is 1. The molecule has 0 amide bonds. The number of thiazole rings is 1. The van der Waals surface area contributed by atoms with E-state index < -0.39 is 95.6 Å². The third-order valence-electron chi connectivity index (χ3n) is 12.0. The highest BCUT2D eigenvalue weighted by atomic mass is 32.1. The van der Waals surface area contributed by atoms with Crippen molar-refractivity contribution in [3.8, 4) is 5.75 Å². The lowest BCUT2D eigenvalue weighted by atomic mass is 9.67. The summed E-state index contributed by atoms with van der Waals surface area (Å²) in [7, 11) is 0. The molecule has 4 N–H and O–H groups in total. The summed E-state index contributed by atoms with van der Waals surface area (Å²) in [6.07, 6.45) is -1.39. The molecule has 3 heterocycles. The van der Waals surface area contributed by atoms with E-state index in [1.807, 2.05) is 37.3 Å². The van der Waals surface area contributed by atoms with Crippen molar-refractivity contribution in [2.75, 3.05) is 6.61 Å². The third-order valence-corrected chi connectivity index (χ3v) is 13.0. The Bertz CT molecular complexity index is 2210. The van der Waals surface area contributed by atoms with Crippen LogP contribution in [-0.2, 0) is 43.9 Å². The summed E-state index contributed by atoms with van der Waals surface area (Å²) in [6, 6.07) is 8.54. The van der Waals surface area contributed by atoms with Crippen LogP contribution in [0, 0.1) is 24.1 Å². The number of nitrogens with zero attached hydrogens (tertiary/aromatic N) is 1. The highest BCUT2D eigenvalue weighted by Gasteiger charge is 2.57. The second-order valence-corrected chi connectivity index (χ2v) is 18.0. The Hall–Kier alpha value is -5.04. The Morgan fingerprint density at radius 3 is 2.44 bits per heavy atom. The van der Waals surface area contributed by atoms with Gasteiger partial charge in [-0.15, -0.1) is 17.9 Å². The number of hydrogen-bond acceptors (Lipinski definition) is 16. The molecule has 0 spiro atoms. The molecule has 9 unspecified atom stereocenters. The average molecular weight is 912 g/mol. The first-order valence-corrected chi connectivity index (χ1v) is 22.0. The molecule has 348 valence electrons. The van der Waals surface area contributed by atoms with Crippen molar-refractivity contribution in [3.63, 3.8) is 0 Å². The number of Topliss-reactive ketones (excluding diaryl/α,β-unsaturated/α-hetero) is 1. The summed E-state index contributed by atoms with van der Waals surface area (Å²) in [5, 5.41) is 44.0. The Balaban J connectivity index is 1.41. The van der Waals surface area contributed by atoms with Crippen LogP contribution in [0.4, 0.5) is 9.18 Å². The lowest BCUT2D eigenvalue weighted by Crippen LogP contribution is -2.61. The fraction of sp³-hybridized carbons (Fsp3) is 0.511. The molecule has 2 aliphatic rings. The van der Waals surface area contributed by atoms with Crippen LogP contribution in [0.2, 0.25) is 0 Å². The number of fused-ring (bicyclic) bond motifs is 1. The van der Waals surface area contributed by atoms with Gasteiger partial charge in [0.05, 0.1) is 21.1 Å². The van der Waals surface area contributed by atoms with E-state index >= 15 is 4.39 Å². The first-order chi connectivity index (χ1) is 30.3. The summed E-state index contributed by atoms with van der Waals surface area (Å²) < 4.78 is 50.2. The lowest BCUT2D eigenvalue weighted by Gasteiger charge is -2.45. The highest BCUT2D eigenvalue weighted by Crippen LogP contribution is 2.45. The normalized spacial score (nSPS) is 28.5. The number of allylic oxidation sites excluding steroid dienone is 1. The van der Waals surface area contributed by atoms with Crippen LogP contribution < -0.4 is 4.74 Å². The first kappa shape index (κ1) is 50.0. The topological polar surface area (TPSA) is 217 Å². The molecule has 1 saturated heterocycles. The minimum absolute atomic E-state index is 0.141. The molecule has 15 nitrogen and oxygen atoms in total. The summed E-state index contributed by atoms with van der Waals surface area (Å²) >= 11 is 1.54. The van der Waals surface area contributed by atoms with E-state index in [0.29, 0.717) is 18.4 Å². The molecular formula is C47H58FNO14S. The fourth-order valence-corrected chi connectivity index (χ4v) is 8.41. The number of esters is 2. The number of aliphatic hydroxyl groups excluding tert-OH is 3. The summed E-state index contributed by atoms with van der Waals surface area (Å²) in [5.74, 6) is -7.68. The number of carbonyl (C=O) groups is 4. The number of benzene rings is 2. The van der Waals surface area contributed by atoms with Gasteiger partial charge in [-0.2, -0.15) is 0 Å². The number of hydrogen-bond donors (Lipinski definition) is 4. The zero-order valence-corrected chi connectivity index (χ0v) is 37.5. The molecule has 0 saturated carbocycles. The van der Waals surface area contributed by atoms with Crippen LogP contribution in [0.5, 0.6) is 5.75 Å². The minimum Gasteiger partial charge on any atom is -0.459 e. The molecule has 1 aromatic heterocycles. The second kappa shape index (κ2) is 21.3. The van der Waals surface area contributed by atoms with Gasteiger partial charge in [-0.25, -0.2) is 19.0 Å². The maximum atomic E-state index is 15.8. The molecule has 2 aliphatic heterocycles. The molecule has 3 aromatic rings. The number of ketones is 1. The van der Waals surface area contributed by atoms with Gasteiger partial charge in [0.1, 0.15) is 47.8 Å². The van der Waals surface area contributed by atoms with Gasteiger partial charge >= 0.3 is 18.1 Å². The van der Waals surface area contributed by atoms with Gasteiger partial charge in [0.2, 0.25) is 12.1 Å². The van der Waals surface area contributed by atoms with Gasteiger partial charge in [-0.1, -0.05) is 56.7 Å². The summed E-state index contributed by atoms with van der Waals surface area (Å²) in [5.41, 5.74) is -2.55. The molecule has 17 heteroatoms. The van der Waals surface area contributed by atoms with E-state index in [4.69, 9.17) is 28.4 Å². The van der Waals surface area contributed by atoms with Gasteiger partial charge in [-0.3, -0.25) is 9.59 Å². The number of carbonyl (C=O) groups excluding carboxylic acids is 4. The number of aromatic nitrogens is 1. The quantitative estimate of drug-likeness (QED) is 0.0653. The highest BCUT2D eigenvalue weighted by molar-refractivity contribution is 7.18. The number of cyclic esters (lactones) is 1. The standard InChI is InChI=1S/C47H58FNO14S/c1-8-23-47(57,30-20-21-35(31(48)26-30)59-42-39(53)37(51)38(52)40(61-42)41(54)58-24-9-2)63-44(56)62-46(7)27(3)33(50)17-15-13-11-10-12-14-16-18-34(60-43(55)45(46,5)6)29-19-22-36-32(25-29)49-28(4)64-36/h8-9,14,16,19-22,25-27,34,37-40,42,51-53,57H,1-2,10-13,15,17-18,23-24H2,3-7H3/b16-14-. The van der Waals surface area contributed by atoms with E-state index in [2.05, 4.69) is 18.1 Å². The van der Waals surface area contributed by atoms with E-state index in [9.17, 15) is 39.6 Å². The summed E-state index contributed by atoms with van der Waals surface area (Å²) in [4.78, 5) is 59.4. The zero-order chi connectivity index (χ0) is 47.0. The van der Waals surface area contributed by atoms with Crippen molar-refractivity contribution in [3.05, 3.63) is 95.8 Å². The van der Waals surface area contributed by atoms with Gasteiger partial charge in [0, 0.05) is 24.8 Å². The lowest BCUT2D eigenvalue weighted by molar-refractivity contribution is -0.272. The van der Waals surface area contributed by atoms with Crippen LogP contribution in [0.1, 0.15) is 101 Å². The number of ether oxygens (including phenoxy) is 6. The van der Waals surface area contributed by atoms with E-state index in [1.165, 1.54) is 32.9 Å². The van der Waals surface area contributed by atoms with Crippen molar-refractivity contribution in [2.24, 2.45) is 11.3 Å². The van der Waals surface area contributed by atoms with Gasteiger partial charge in [0.15, 0.2) is 17.7 Å². The van der Waals surface area contributed by atoms with Crippen molar-refractivity contribution in [2.45, 2.75) is 134 Å². The fourth-order valence-electron chi connectivity index (χ4n) is 7.60. The number of halogens is 1. The Labute approximate surface area is 375 Å². The second-order valence-electron chi connectivity index (χ2n) is 16.7. The smallest absolute Gasteiger partial charge is 0.459 e. The van der Waals surface area contributed by atoms with Gasteiger partial charge in [-0.05, 0) is 82.9 Å². The third kappa shape index (κ3) is 11.2. The van der Waals surface area contributed by atoms with Crippen molar-refractivity contribution >= 4 is 45.4 Å². The zero-order valence-electron chi connectivity index (χ0n) is 36.7. The van der Waals surface area contributed by atoms with Gasteiger partial charge in [0.25, 0.3) is 0 Å². The maximum absolute atomic E-state index is 15.8. The molecule has 0 radical (unpaired) electrons. The molecular weight excluding hydrogens is 854 g/mol. The SMILES string of the molecule is C=CCOC(=O)C1OC(Oc2ccc(C(O)(CC=C)OC(=O)OC3(C)C(C)C(=O)CCCCCC/C=C\CC(c4ccc5sc(C)nc5c4)OC(=O)C3(C)C)cc2F)C(O)C(O)C1O. The molecule has 1 fully saturated rings. The molecule has 64 heavy (non-hydrogen) atoms. The van der Waals surface area contributed by atoms with Crippen LogP contribution in [-0.4, -0.2) is 92.2 Å². The Morgan fingerprint density at radius 1 is 1.00 bits per heavy atom. The maximum Gasteiger partial charge on any atom is 0.511 e. The van der Waals surface area contributed by atoms with Crippen LogP contribution in [0.25, 0.3) is 10.2 Å². The molecule has 0 aliphatic carbocycles. The van der Waals surface area contributed by atoms with Crippen molar-refractivity contribution in [1.29, 1.82) is 0 Å². The van der Waals surface area contributed by atoms with E-state index in [1.54, 1.807) is 18.3 Å². The van der Waals surface area contributed by atoms with Gasteiger partial charge < -0.3 is 48.8 Å². The number of aliphatic hydroxyl groups is 4. The molecule has 9 atom stereocenters. The van der Waals surface area contributed by atoms with Crippen LogP contribution >= 0.6 is 11.3 Å². The summed E-state index contributed by atoms with van der Waals surface area (Å²) in [6.45, 7) is 14.7. The number of rotatable bonds is 11. The predicted octanol–water partition coefficient (Wildman–Crippen LogP) is 7.11. The Morgan fingerprint density at radius 2 is 1.73 bits per heavy atom. The van der Waals surface area contributed by atoms with E-state index in [0.717, 1.165) is 59.1 Å². The minimum atomic E-state index is -2.64. The van der Waals surface area contributed by atoms with Crippen molar-refractivity contribution in [1.82, 2.24) is 4.98 Å².